The molecule has 1 aliphatic carbocycles. The summed E-state index contributed by atoms with van der Waals surface area (Å²) < 4.78 is 50.5. The molecule has 0 bridgehead atoms. The zero-order valence-electron chi connectivity index (χ0n) is 24.0. The number of pyridine rings is 1. The van der Waals surface area contributed by atoms with Crippen LogP contribution in [0.1, 0.15) is 83.5 Å². The molecule has 12 heteroatoms. The lowest BCUT2D eigenvalue weighted by Crippen LogP contribution is -2.35. The van der Waals surface area contributed by atoms with Crippen molar-refractivity contribution in [2.45, 2.75) is 57.8 Å². The topological polar surface area (TPSA) is 97.2 Å². The van der Waals surface area contributed by atoms with E-state index in [0.717, 1.165) is 30.8 Å². The van der Waals surface area contributed by atoms with Crippen molar-refractivity contribution in [3.05, 3.63) is 64.2 Å². The van der Waals surface area contributed by atoms with Crippen molar-refractivity contribution in [2.75, 3.05) is 36.5 Å². The Balaban J connectivity index is 1.37. The third-order valence-corrected chi connectivity index (χ3v) is 8.79. The number of carbonyl (C=O) groups is 1. The third kappa shape index (κ3) is 5.37. The van der Waals surface area contributed by atoms with E-state index in [9.17, 15) is 18.0 Å². The molecule has 4 heterocycles. The number of halogens is 3. The zero-order valence-corrected chi connectivity index (χ0v) is 24.0. The highest BCUT2D eigenvalue weighted by molar-refractivity contribution is 6.10. The lowest BCUT2D eigenvalue weighted by molar-refractivity contribution is -0.138. The number of ether oxygens (including phenoxy) is 1. The quantitative estimate of drug-likeness (QED) is 0.345. The van der Waals surface area contributed by atoms with Gasteiger partial charge in [-0.15, -0.1) is 10.2 Å². The van der Waals surface area contributed by atoms with Crippen molar-refractivity contribution in [1.82, 2.24) is 25.1 Å². The summed E-state index contributed by atoms with van der Waals surface area (Å²) in [5.41, 5.74) is 0.589. The number of fused-ring (bicyclic) bond motifs is 1. The van der Waals surface area contributed by atoms with Gasteiger partial charge in [0.05, 0.1) is 31.2 Å². The van der Waals surface area contributed by atoms with E-state index in [4.69, 9.17) is 4.74 Å². The average molecular weight is 584 g/mol. The number of amides is 1. The van der Waals surface area contributed by atoms with E-state index < -0.39 is 17.6 Å². The first-order valence-corrected chi connectivity index (χ1v) is 14.6. The average Bonchev–Trinajstić information content (AvgIpc) is 3.46. The normalized spacial score (nSPS) is 18.9. The van der Waals surface area contributed by atoms with Crippen LogP contribution in [-0.4, -0.2) is 52.0 Å². The summed E-state index contributed by atoms with van der Waals surface area (Å²) in [6.45, 7) is 6.00. The first kappa shape index (κ1) is 28.6. The smallest absolute Gasteiger partial charge is 0.381 e. The van der Waals surface area contributed by atoms with Gasteiger partial charge in [-0.1, -0.05) is 6.42 Å². The zero-order chi connectivity index (χ0) is 29.6. The van der Waals surface area contributed by atoms with Crippen LogP contribution >= 0.6 is 0 Å². The number of aromatic nitrogens is 4. The molecule has 224 valence electrons. The minimum atomic E-state index is -4.60. The van der Waals surface area contributed by atoms with Crippen molar-refractivity contribution in [2.24, 2.45) is 18.9 Å². The summed E-state index contributed by atoms with van der Waals surface area (Å²) in [6.07, 6.45) is 0.498. The van der Waals surface area contributed by atoms with Gasteiger partial charge < -0.3 is 19.9 Å². The molecule has 2 atom stereocenters. The maximum absolute atomic E-state index is 14.4. The van der Waals surface area contributed by atoms with Gasteiger partial charge in [-0.3, -0.25) is 9.69 Å². The van der Waals surface area contributed by atoms with Gasteiger partial charge in [0.25, 0.3) is 5.91 Å². The van der Waals surface area contributed by atoms with Crippen LogP contribution in [0.15, 0.2) is 30.6 Å². The molecule has 42 heavy (non-hydrogen) atoms. The van der Waals surface area contributed by atoms with Gasteiger partial charge in [-0.2, -0.15) is 13.2 Å². The highest BCUT2D eigenvalue weighted by atomic mass is 19.4. The fourth-order valence-electron chi connectivity index (χ4n) is 6.06. The van der Waals surface area contributed by atoms with Gasteiger partial charge in [0.1, 0.15) is 23.8 Å². The molecule has 0 radical (unpaired) electrons. The van der Waals surface area contributed by atoms with Crippen molar-refractivity contribution in [3.8, 4) is 0 Å². The number of nitrogens with one attached hydrogen (secondary N) is 2. The van der Waals surface area contributed by atoms with Crippen molar-refractivity contribution in [3.63, 3.8) is 0 Å². The van der Waals surface area contributed by atoms with Gasteiger partial charge in [-0.05, 0) is 80.1 Å². The van der Waals surface area contributed by atoms with Crippen LogP contribution in [0.3, 0.4) is 0 Å². The molecule has 6 rings (SSSR count). The Morgan fingerprint density at radius 2 is 1.93 bits per heavy atom. The first-order chi connectivity index (χ1) is 20.1. The van der Waals surface area contributed by atoms with Crippen LogP contribution in [-0.2, 0) is 24.5 Å². The Morgan fingerprint density at radius 3 is 2.52 bits per heavy atom. The molecule has 1 amide bonds. The van der Waals surface area contributed by atoms with Crippen molar-refractivity contribution in [1.29, 1.82) is 0 Å². The van der Waals surface area contributed by atoms with E-state index in [1.807, 2.05) is 31.5 Å². The van der Waals surface area contributed by atoms with E-state index in [2.05, 4.69) is 25.8 Å². The van der Waals surface area contributed by atoms with Crippen molar-refractivity contribution < 1.29 is 22.7 Å². The molecule has 9 nitrogen and oxygen atoms in total. The number of benzene rings is 1. The van der Waals surface area contributed by atoms with Crippen LogP contribution in [0.2, 0.25) is 0 Å². The van der Waals surface area contributed by atoms with Gasteiger partial charge in [0.15, 0.2) is 0 Å². The number of carbonyl (C=O) groups excluding carboxylic acids is 1. The number of nitrogens with zero attached hydrogens (tertiary/aromatic N) is 5. The van der Waals surface area contributed by atoms with Gasteiger partial charge in [-0.25, -0.2) is 4.98 Å². The van der Waals surface area contributed by atoms with E-state index in [0.29, 0.717) is 42.9 Å². The Bertz CT molecular complexity index is 1470. The highest BCUT2D eigenvalue weighted by Crippen LogP contribution is 2.42. The lowest BCUT2D eigenvalue weighted by Gasteiger charge is -2.34. The number of hydrogen-bond donors (Lipinski definition) is 2. The summed E-state index contributed by atoms with van der Waals surface area (Å²) >= 11 is 0. The molecule has 1 aromatic carbocycles. The maximum Gasteiger partial charge on any atom is 0.416 e. The summed E-state index contributed by atoms with van der Waals surface area (Å²) in [5.74, 6) is 1.59. The lowest BCUT2D eigenvalue weighted by atomic mass is 9.84. The van der Waals surface area contributed by atoms with E-state index in [-0.39, 0.29) is 35.5 Å². The first-order valence-electron chi connectivity index (χ1n) is 14.6. The number of anilines is 2. The summed E-state index contributed by atoms with van der Waals surface area (Å²) in [5, 5.41) is 15.0. The van der Waals surface area contributed by atoms with Gasteiger partial charge >= 0.3 is 6.18 Å². The molecule has 1 saturated carbocycles. The second-order valence-corrected chi connectivity index (χ2v) is 11.7. The standard InChI is InChI=1S/C30H36F3N7O2/c1-4-34-25-10-20(27(21-14-42-15-21)28-38-36-16-39(28)3)11-26(37-25)40-13-23-22(29(40)41)8-19(9-24(23)30(31,32)33)17(2)35-12-18-6-5-7-18/h8-11,16-18,21,27,35H,4-7,12-15H2,1-3H3,(H,34,37)/t17-,27+/m1/s1. The SMILES string of the molecule is CCNc1cc([C@H](c2nncn2C)C2COC2)cc(N2Cc3c(cc([C@@H](C)NCC4CCC4)cc3C(F)(F)F)C2=O)n1. The minimum absolute atomic E-state index is 0.0168. The largest absolute Gasteiger partial charge is 0.416 e. The van der Waals surface area contributed by atoms with Gasteiger partial charge in [0, 0.05) is 31.1 Å². The molecule has 2 aromatic heterocycles. The number of rotatable bonds is 10. The molecular formula is C30H36F3N7O2. The summed E-state index contributed by atoms with van der Waals surface area (Å²) in [4.78, 5) is 19.9. The molecule has 3 aliphatic rings. The Hall–Kier alpha value is -3.51. The predicted molar refractivity (Wildman–Crippen MR) is 151 cm³/mol. The minimum Gasteiger partial charge on any atom is -0.381 e. The molecule has 2 fully saturated rings. The predicted octanol–water partition coefficient (Wildman–Crippen LogP) is 5.05. The molecule has 0 unspecified atom stereocenters. The molecular weight excluding hydrogens is 547 g/mol. The van der Waals surface area contributed by atoms with Gasteiger partial charge in [0.2, 0.25) is 0 Å². The number of aryl methyl sites for hydroxylation is 1. The van der Waals surface area contributed by atoms with Crippen LogP contribution in [0.5, 0.6) is 0 Å². The van der Waals surface area contributed by atoms with Crippen LogP contribution in [0.25, 0.3) is 0 Å². The summed E-state index contributed by atoms with van der Waals surface area (Å²) in [7, 11) is 1.87. The summed E-state index contributed by atoms with van der Waals surface area (Å²) in [6, 6.07) is 6.20. The fourth-order valence-corrected chi connectivity index (χ4v) is 6.06. The maximum atomic E-state index is 14.4. The van der Waals surface area contributed by atoms with E-state index in [1.165, 1.54) is 17.4 Å². The number of hydrogen-bond acceptors (Lipinski definition) is 7. The third-order valence-electron chi connectivity index (χ3n) is 8.79. The van der Waals surface area contributed by atoms with E-state index in [1.54, 1.807) is 18.5 Å². The number of alkyl halides is 3. The Morgan fingerprint density at radius 1 is 1.14 bits per heavy atom. The molecule has 3 aromatic rings. The van der Waals surface area contributed by atoms with Crippen LogP contribution in [0, 0.1) is 11.8 Å². The fraction of sp³-hybridized carbons (Fsp3) is 0.533. The second kappa shape index (κ2) is 11.3. The molecule has 2 aliphatic heterocycles. The monoisotopic (exact) mass is 583 g/mol. The molecule has 2 N–H and O–H groups in total. The van der Waals surface area contributed by atoms with E-state index >= 15 is 0 Å². The Labute approximate surface area is 242 Å². The second-order valence-electron chi connectivity index (χ2n) is 11.7. The van der Waals surface area contributed by atoms with Crippen molar-refractivity contribution >= 4 is 17.5 Å². The van der Waals surface area contributed by atoms with Crippen LogP contribution in [0.4, 0.5) is 24.8 Å². The Kier molecular flexibility index (Phi) is 7.69. The molecule has 1 saturated heterocycles. The highest BCUT2D eigenvalue weighted by Gasteiger charge is 2.42. The molecule has 0 spiro atoms. The van der Waals surface area contributed by atoms with Crippen LogP contribution < -0.4 is 15.5 Å².